The van der Waals surface area contributed by atoms with Crippen LogP contribution in [0, 0.1) is 0 Å². The molecule has 0 spiro atoms. The van der Waals surface area contributed by atoms with Gasteiger partial charge in [0.05, 0.1) is 34.4 Å². The number of esters is 1. The molecule has 0 saturated carbocycles. The van der Waals surface area contributed by atoms with Crippen LogP contribution in [0.4, 0.5) is 0 Å². The molecule has 2 atom stereocenters. The minimum atomic E-state index is -4.53. The van der Waals surface area contributed by atoms with Crippen molar-refractivity contribution in [2.45, 2.75) is 206 Å². The number of hydrogen-bond acceptors (Lipinski definition) is 7. The maximum atomic E-state index is 12.7. The molecule has 0 saturated heterocycles. The number of rotatable bonds is 44. The summed E-state index contributed by atoms with van der Waals surface area (Å²) in [6.07, 6.45) is 51.2. The number of phosphoric ester groups is 1. The molecule has 340 valence electrons. The van der Waals surface area contributed by atoms with Crippen LogP contribution >= 0.6 is 7.82 Å². The van der Waals surface area contributed by atoms with Crippen molar-refractivity contribution in [1.82, 2.24) is 0 Å². The maximum absolute atomic E-state index is 12.7. The van der Waals surface area contributed by atoms with Crippen LogP contribution in [-0.2, 0) is 27.9 Å². The number of likely N-dealkylation sites (N-methyl/N-ethyl adjacent to an activating group) is 1. The summed E-state index contributed by atoms with van der Waals surface area (Å²) in [5, 5.41) is 0. The van der Waals surface area contributed by atoms with E-state index in [-0.39, 0.29) is 25.8 Å². The van der Waals surface area contributed by atoms with Gasteiger partial charge in [-0.15, -0.1) is 0 Å². The van der Waals surface area contributed by atoms with Crippen LogP contribution in [0.2, 0.25) is 0 Å². The summed E-state index contributed by atoms with van der Waals surface area (Å²) in [5.41, 5.74) is 0. The van der Waals surface area contributed by atoms with E-state index in [4.69, 9.17) is 18.5 Å². The molecule has 0 aliphatic carbocycles. The van der Waals surface area contributed by atoms with Crippen LogP contribution < -0.4 is 4.89 Å². The number of phosphoric acid groups is 1. The van der Waals surface area contributed by atoms with E-state index in [0.29, 0.717) is 24.1 Å². The number of carbonyl (C=O) groups is 1. The Labute approximate surface area is 358 Å². The fourth-order valence-corrected chi connectivity index (χ4v) is 7.17. The van der Waals surface area contributed by atoms with Gasteiger partial charge in [0.2, 0.25) is 0 Å². The van der Waals surface area contributed by atoms with Crippen LogP contribution in [0.15, 0.2) is 48.6 Å². The van der Waals surface area contributed by atoms with Gasteiger partial charge in [-0.1, -0.05) is 172 Å². The molecule has 0 aliphatic heterocycles. The zero-order chi connectivity index (χ0) is 42.7. The summed E-state index contributed by atoms with van der Waals surface area (Å²) in [4.78, 5) is 25.1. The first-order valence-corrected chi connectivity index (χ1v) is 25.3. The Bertz CT molecular complexity index is 1070. The van der Waals surface area contributed by atoms with E-state index in [2.05, 4.69) is 62.5 Å². The highest BCUT2D eigenvalue weighted by Gasteiger charge is 2.20. The Morgan fingerprint density at radius 1 is 0.552 bits per heavy atom. The first-order chi connectivity index (χ1) is 28.1. The Morgan fingerprint density at radius 3 is 1.52 bits per heavy atom. The molecule has 0 aromatic rings. The number of carbonyl (C=O) groups excluding carboxylic acids is 1. The van der Waals surface area contributed by atoms with Gasteiger partial charge in [0.1, 0.15) is 19.3 Å². The third kappa shape index (κ3) is 45.5. The summed E-state index contributed by atoms with van der Waals surface area (Å²) < 4.78 is 34.7. The molecule has 0 N–H and O–H groups in total. The number of hydrogen-bond donors (Lipinski definition) is 0. The van der Waals surface area contributed by atoms with Gasteiger partial charge in [-0.2, -0.15) is 0 Å². The van der Waals surface area contributed by atoms with E-state index < -0.39 is 13.9 Å². The predicted molar refractivity (Wildman–Crippen MR) is 245 cm³/mol. The minimum Gasteiger partial charge on any atom is -0.756 e. The topological polar surface area (TPSA) is 94.1 Å². The Kier molecular flexibility index (Phi) is 41.0. The van der Waals surface area contributed by atoms with Crippen molar-refractivity contribution in [3.05, 3.63) is 48.6 Å². The van der Waals surface area contributed by atoms with Crippen molar-refractivity contribution >= 4 is 13.8 Å². The minimum absolute atomic E-state index is 0.0226. The number of nitrogens with zero attached hydrogens (tertiary/aromatic N) is 1. The van der Waals surface area contributed by atoms with Crippen LogP contribution in [-0.4, -0.2) is 70.7 Å². The second kappa shape index (κ2) is 42.2. The number of quaternary nitrogens is 1. The predicted octanol–water partition coefficient (Wildman–Crippen LogP) is 13.7. The van der Waals surface area contributed by atoms with Gasteiger partial charge in [-0.05, 0) is 70.6 Å². The molecule has 2 unspecified atom stereocenters. The van der Waals surface area contributed by atoms with E-state index in [0.717, 1.165) is 57.8 Å². The van der Waals surface area contributed by atoms with E-state index in [9.17, 15) is 14.3 Å². The summed E-state index contributed by atoms with van der Waals surface area (Å²) in [7, 11) is 1.35. The van der Waals surface area contributed by atoms with Crippen molar-refractivity contribution in [2.75, 3.05) is 54.1 Å². The Hall–Kier alpha value is -1.54. The number of unbranched alkanes of at least 4 members (excludes halogenated alkanes) is 22. The third-order valence-corrected chi connectivity index (χ3v) is 11.1. The highest BCUT2D eigenvalue weighted by Crippen LogP contribution is 2.38. The molecule has 0 aromatic heterocycles. The highest BCUT2D eigenvalue weighted by molar-refractivity contribution is 7.45. The average molecular weight is 838 g/mol. The lowest BCUT2D eigenvalue weighted by Gasteiger charge is -2.28. The van der Waals surface area contributed by atoms with Crippen LogP contribution in [0.5, 0.6) is 0 Å². The van der Waals surface area contributed by atoms with Crippen molar-refractivity contribution < 1.29 is 37.3 Å². The van der Waals surface area contributed by atoms with Gasteiger partial charge >= 0.3 is 5.97 Å². The largest absolute Gasteiger partial charge is 0.756 e. The normalized spacial score (nSPS) is 14.1. The van der Waals surface area contributed by atoms with Gasteiger partial charge in [-0.25, -0.2) is 0 Å². The van der Waals surface area contributed by atoms with Crippen molar-refractivity contribution in [3.63, 3.8) is 0 Å². The van der Waals surface area contributed by atoms with Gasteiger partial charge in [-0.3, -0.25) is 9.36 Å². The average Bonchev–Trinajstić information content (AvgIpc) is 3.18. The van der Waals surface area contributed by atoms with E-state index >= 15 is 0 Å². The molecule has 0 aromatic carbocycles. The first-order valence-electron chi connectivity index (χ1n) is 23.9. The molecule has 0 rings (SSSR count). The monoisotopic (exact) mass is 838 g/mol. The lowest BCUT2D eigenvalue weighted by atomic mass is 10.1. The summed E-state index contributed by atoms with van der Waals surface area (Å²) in [6, 6.07) is 0. The molecule has 0 aliphatic rings. The van der Waals surface area contributed by atoms with Crippen LogP contribution in [0.25, 0.3) is 0 Å². The first kappa shape index (κ1) is 56.5. The summed E-state index contributed by atoms with van der Waals surface area (Å²) in [6.45, 7) is 5.29. The molecule has 8 nitrogen and oxygen atoms in total. The summed E-state index contributed by atoms with van der Waals surface area (Å²) in [5.74, 6) is -0.341. The second-order valence-corrected chi connectivity index (χ2v) is 18.5. The fourth-order valence-electron chi connectivity index (χ4n) is 6.44. The smallest absolute Gasteiger partial charge is 0.306 e. The molecular formula is C49H92NO7P. The fraction of sp³-hybridized carbons (Fsp3) is 0.816. The molecule has 0 bridgehead atoms. The lowest BCUT2D eigenvalue weighted by molar-refractivity contribution is -0.870. The zero-order valence-electron chi connectivity index (χ0n) is 38.5. The van der Waals surface area contributed by atoms with E-state index in [1.165, 1.54) is 122 Å². The number of allylic oxidation sites excluding steroid dienone is 8. The Morgan fingerprint density at radius 2 is 1.00 bits per heavy atom. The SMILES string of the molecule is CC/C=C\C/C=C\C/C=C\CCCCCCCCCCOCC(COP(=O)([O-])OCC[N+](C)(C)C)OC(=O)CCCCCCCCC/C=C\CCCCCCCCC. The molecule has 9 heteroatoms. The van der Waals surface area contributed by atoms with Gasteiger partial charge < -0.3 is 27.9 Å². The lowest BCUT2D eigenvalue weighted by Crippen LogP contribution is -2.37. The molecule has 58 heavy (non-hydrogen) atoms. The van der Waals surface area contributed by atoms with Crippen LogP contribution in [0.1, 0.15) is 200 Å². The quantitative estimate of drug-likeness (QED) is 0.0198. The zero-order valence-corrected chi connectivity index (χ0v) is 39.4. The Balaban J connectivity index is 4.20. The van der Waals surface area contributed by atoms with Gasteiger partial charge in [0.25, 0.3) is 7.82 Å². The van der Waals surface area contributed by atoms with Crippen molar-refractivity contribution in [3.8, 4) is 0 Å². The third-order valence-electron chi connectivity index (χ3n) is 10.1. The molecule has 0 fully saturated rings. The van der Waals surface area contributed by atoms with E-state index in [1.54, 1.807) is 0 Å². The summed E-state index contributed by atoms with van der Waals surface area (Å²) >= 11 is 0. The van der Waals surface area contributed by atoms with E-state index in [1.807, 2.05) is 21.1 Å². The maximum Gasteiger partial charge on any atom is 0.306 e. The van der Waals surface area contributed by atoms with Crippen molar-refractivity contribution in [1.29, 1.82) is 0 Å². The van der Waals surface area contributed by atoms with Gasteiger partial charge in [0, 0.05) is 13.0 Å². The molecule has 0 amide bonds. The second-order valence-electron chi connectivity index (χ2n) is 17.1. The molecule has 0 radical (unpaired) electrons. The van der Waals surface area contributed by atoms with Crippen LogP contribution in [0.3, 0.4) is 0 Å². The highest BCUT2D eigenvalue weighted by atomic mass is 31.2. The van der Waals surface area contributed by atoms with Crippen molar-refractivity contribution in [2.24, 2.45) is 0 Å². The molecule has 0 heterocycles. The number of ether oxygens (including phenoxy) is 2. The molecular weight excluding hydrogens is 746 g/mol. The van der Waals surface area contributed by atoms with Gasteiger partial charge in [0.15, 0.2) is 0 Å². The standard InChI is InChI=1S/C49H92NO7P/c1-6-8-10-12-14-16-18-20-22-24-26-28-30-32-34-36-38-40-42-49(51)57-48(47-56-58(52,53)55-45-43-50(3,4)5)46-54-44-41-39-37-35-33-31-29-27-25-23-21-19-17-15-13-11-9-7-2/h9,11,15,17,21-24,48H,6-8,10,12-14,16,18-20,25-47H2,1-5H3/b11-9-,17-15-,23-21-,24-22-.